The monoisotopic (exact) mass is 292 g/mol. The van der Waals surface area contributed by atoms with Crippen molar-refractivity contribution in [3.8, 4) is 0 Å². The predicted octanol–water partition coefficient (Wildman–Crippen LogP) is 1.51. The summed E-state index contributed by atoms with van der Waals surface area (Å²) in [4.78, 5) is -0.409. The largest absolute Gasteiger partial charge is 0.313 e. The molecule has 1 fully saturated rings. The molecule has 1 saturated heterocycles. The third kappa shape index (κ3) is 3.00. The molecule has 1 heterocycles. The van der Waals surface area contributed by atoms with Gasteiger partial charge in [-0.1, -0.05) is 17.7 Å². The van der Waals surface area contributed by atoms with Crippen molar-refractivity contribution in [3.05, 3.63) is 29.0 Å². The topological polar surface area (TPSA) is 58.2 Å². The number of nitrogens with one attached hydrogen (secondary N) is 2. The predicted molar refractivity (Wildman–Crippen MR) is 67.6 cm³/mol. The maximum Gasteiger partial charge on any atom is 0.243 e. The maximum atomic E-state index is 13.6. The summed E-state index contributed by atoms with van der Waals surface area (Å²) >= 11 is 5.57. The van der Waals surface area contributed by atoms with Crippen LogP contribution in [0.3, 0.4) is 0 Å². The highest BCUT2D eigenvalue weighted by molar-refractivity contribution is 7.89. The van der Waals surface area contributed by atoms with Crippen molar-refractivity contribution in [2.24, 2.45) is 0 Å². The van der Waals surface area contributed by atoms with Crippen LogP contribution in [-0.4, -0.2) is 27.5 Å². The summed E-state index contributed by atoms with van der Waals surface area (Å²) in [6, 6.07) is 4.04. The lowest BCUT2D eigenvalue weighted by molar-refractivity contribution is 0.539. The smallest absolute Gasteiger partial charge is 0.243 e. The van der Waals surface area contributed by atoms with Crippen molar-refractivity contribution in [2.45, 2.75) is 23.8 Å². The van der Waals surface area contributed by atoms with Crippen molar-refractivity contribution >= 4 is 21.6 Å². The molecule has 4 nitrogen and oxygen atoms in total. The van der Waals surface area contributed by atoms with E-state index in [0.29, 0.717) is 0 Å². The second-order valence-electron chi connectivity index (χ2n) is 4.20. The van der Waals surface area contributed by atoms with E-state index in [0.717, 1.165) is 19.4 Å². The van der Waals surface area contributed by atoms with E-state index < -0.39 is 20.7 Å². The van der Waals surface area contributed by atoms with Crippen LogP contribution in [0.4, 0.5) is 4.39 Å². The molecule has 1 atom stereocenters. The molecule has 2 rings (SSSR count). The molecule has 0 aliphatic carbocycles. The van der Waals surface area contributed by atoms with Crippen LogP contribution < -0.4 is 10.0 Å². The Morgan fingerprint density at radius 1 is 1.50 bits per heavy atom. The number of hydrogen-bond acceptors (Lipinski definition) is 3. The molecular weight excluding hydrogens is 279 g/mol. The molecule has 0 unspecified atom stereocenters. The summed E-state index contributed by atoms with van der Waals surface area (Å²) in [6.45, 7) is 1.15. The average Bonchev–Trinajstić information content (AvgIpc) is 2.83. The second kappa shape index (κ2) is 5.52. The standard InChI is InChI=1S/C11H14ClFN2O2S/c12-9-4-1-5-10(11(9)13)18(16,17)15-7-8-3-2-6-14-8/h1,4-5,8,14-15H,2-3,6-7H2/t8-/m0/s1. The SMILES string of the molecule is O=S(=O)(NC[C@@H]1CCCN1)c1cccc(Cl)c1F. The van der Waals surface area contributed by atoms with E-state index >= 15 is 0 Å². The van der Waals surface area contributed by atoms with Crippen molar-refractivity contribution in [3.63, 3.8) is 0 Å². The molecule has 7 heteroatoms. The van der Waals surface area contributed by atoms with Gasteiger partial charge in [0.15, 0.2) is 5.82 Å². The molecule has 100 valence electrons. The zero-order chi connectivity index (χ0) is 13.2. The van der Waals surface area contributed by atoms with Gasteiger partial charge in [0.2, 0.25) is 10.0 Å². The Bertz CT molecular complexity index is 530. The number of halogens is 2. The van der Waals surface area contributed by atoms with Crippen molar-refractivity contribution < 1.29 is 12.8 Å². The normalized spacial score (nSPS) is 20.2. The first-order valence-corrected chi connectivity index (χ1v) is 7.54. The van der Waals surface area contributed by atoms with E-state index in [4.69, 9.17) is 11.6 Å². The Morgan fingerprint density at radius 2 is 2.28 bits per heavy atom. The lowest BCUT2D eigenvalue weighted by atomic mass is 10.2. The second-order valence-corrected chi connectivity index (χ2v) is 6.34. The Morgan fingerprint density at radius 3 is 2.94 bits per heavy atom. The first-order chi connectivity index (χ1) is 8.50. The summed E-state index contributed by atoms with van der Waals surface area (Å²) in [7, 11) is -3.85. The van der Waals surface area contributed by atoms with Gasteiger partial charge in [-0.15, -0.1) is 0 Å². The lowest BCUT2D eigenvalue weighted by Crippen LogP contribution is -2.37. The van der Waals surface area contributed by atoms with Gasteiger partial charge in [-0.25, -0.2) is 17.5 Å². The van der Waals surface area contributed by atoms with E-state index in [1.165, 1.54) is 18.2 Å². The molecule has 0 saturated carbocycles. The number of sulfonamides is 1. The van der Waals surface area contributed by atoms with Gasteiger partial charge in [-0.3, -0.25) is 0 Å². The Kier molecular flexibility index (Phi) is 4.21. The molecule has 1 aromatic carbocycles. The van der Waals surface area contributed by atoms with Gasteiger partial charge in [0, 0.05) is 12.6 Å². The van der Waals surface area contributed by atoms with Crippen LogP contribution in [0.2, 0.25) is 5.02 Å². The summed E-state index contributed by atoms with van der Waals surface area (Å²) in [6.07, 6.45) is 1.94. The molecule has 1 aromatic rings. The lowest BCUT2D eigenvalue weighted by Gasteiger charge is -2.12. The maximum absolute atomic E-state index is 13.6. The zero-order valence-electron chi connectivity index (χ0n) is 9.62. The van der Waals surface area contributed by atoms with Gasteiger partial charge < -0.3 is 5.32 Å². The van der Waals surface area contributed by atoms with Crippen LogP contribution in [0.25, 0.3) is 0 Å². The van der Waals surface area contributed by atoms with Gasteiger partial charge in [-0.05, 0) is 31.5 Å². The molecule has 0 bridgehead atoms. The van der Waals surface area contributed by atoms with Crippen LogP contribution in [0.1, 0.15) is 12.8 Å². The molecule has 18 heavy (non-hydrogen) atoms. The summed E-state index contributed by atoms with van der Waals surface area (Å²) in [5.41, 5.74) is 0. The minimum Gasteiger partial charge on any atom is -0.313 e. The highest BCUT2D eigenvalue weighted by Gasteiger charge is 2.22. The van der Waals surface area contributed by atoms with Gasteiger partial charge in [-0.2, -0.15) is 0 Å². The van der Waals surface area contributed by atoms with E-state index in [2.05, 4.69) is 10.0 Å². The molecule has 0 amide bonds. The Labute approximate surface area is 111 Å². The first kappa shape index (κ1) is 13.7. The molecule has 0 spiro atoms. The molecular formula is C11H14ClFN2O2S. The summed E-state index contributed by atoms with van der Waals surface area (Å²) < 4.78 is 39.9. The molecule has 1 aliphatic rings. The zero-order valence-corrected chi connectivity index (χ0v) is 11.2. The first-order valence-electron chi connectivity index (χ1n) is 5.68. The van der Waals surface area contributed by atoms with Crippen LogP contribution in [0.15, 0.2) is 23.1 Å². The van der Waals surface area contributed by atoms with Crippen LogP contribution in [0, 0.1) is 5.82 Å². The molecule has 2 N–H and O–H groups in total. The van der Waals surface area contributed by atoms with E-state index in [1.807, 2.05) is 0 Å². The van der Waals surface area contributed by atoms with Crippen molar-refractivity contribution in [1.29, 1.82) is 0 Å². The Balaban J connectivity index is 2.12. The molecule has 0 aromatic heterocycles. The summed E-state index contributed by atoms with van der Waals surface area (Å²) in [5, 5.41) is 2.96. The highest BCUT2D eigenvalue weighted by Crippen LogP contribution is 2.21. The van der Waals surface area contributed by atoms with Gasteiger partial charge in [0.1, 0.15) is 4.90 Å². The van der Waals surface area contributed by atoms with E-state index in [9.17, 15) is 12.8 Å². The minimum absolute atomic E-state index is 0.113. The van der Waals surface area contributed by atoms with Crippen LogP contribution in [0.5, 0.6) is 0 Å². The molecule has 1 aliphatic heterocycles. The number of rotatable bonds is 4. The minimum atomic E-state index is -3.85. The van der Waals surface area contributed by atoms with Crippen molar-refractivity contribution in [1.82, 2.24) is 10.0 Å². The van der Waals surface area contributed by atoms with Crippen LogP contribution in [-0.2, 0) is 10.0 Å². The van der Waals surface area contributed by atoms with Crippen molar-refractivity contribution in [2.75, 3.05) is 13.1 Å². The number of benzene rings is 1. The fourth-order valence-electron chi connectivity index (χ4n) is 1.91. The number of hydrogen-bond donors (Lipinski definition) is 2. The third-order valence-electron chi connectivity index (χ3n) is 2.89. The highest BCUT2D eigenvalue weighted by atomic mass is 35.5. The van der Waals surface area contributed by atoms with E-state index in [1.54, 1.807) is 0 Å². The van der Waals surface area contributed by atoms with Gasteiger partial charge >= 0.3 is 0 Å². The van der Waals surface area contributed by atoms with Gasteiger partial charge in [0.05, 0.1) is 5.02 Å². The average molecular weight is 293 g/mol. The molecule has 0 radical (unpaired) electrons. The Hall–Kier alpha value is -0.690. The quantitative estimate of drug-likeness (QED) is 0.884. The fraction of sp³-hybridized carbons (Fsp3) is 0.455. The third-order valence-corrected chi connectivity index (χ3v) is 4.62. The van der Waals surface area contributed by atoms with Gasteiger partial charge in [0.25, 0.3) is 0 Å². The fourth-order valence-corrected chi connectivity index (χ4v) is 3.32. The van der Waals surface area contributed by atoms with Crippen LogP contribution >= 0.6 is 11.6 Å². The summed E-state index contributed by atoms with van der Waals surface area (Å²) in [5.74, 6) is -0.911. The van der Waals surface area contributed by atoms with E-state index in [-0.39, 0.29) is 17.6 Å².